The lowest BCUT2D eigenvalue weighted by atomic mass is 10.0. The van der Waals surface area contributed by atoms with E-state index in [1.165, 1.54) is 18.2 Å². The monoisotopic (exact) mass is 520 g/mol. The van der Waals surface area contributed by atoms with Crippen molar-refractivity contribution >= 4 is 34.8 Å². The van der Waals surface area contributed by atoms with Crippen molar-refractivity contribution in [1.29, 1.82) is 0 Å². The van der Waals surface area contributed by atoms with Gasteiger partial charge in [-0.05, 0) is 72.9 Å². The van der Waals surface area contributed by atoms with Crippen LogP contribution < -0.4 is 0 Å². The average molecular weight is 522 g/mol. The second-order valence-electron chi connectivity index (χ2n) is 6.66. The molecule has 0 nitrogen and oxygen atoms in total. The molecule has 3 rings (SSSR count). The van der Waals surface area contributed by atoms with Gasteiger partial charge in [0.2, 0.25) is 0 Å². The van der Waals surface area contributed by atoms with E-state index in [1.807, 2.05) is 55.4 Å². The van der Waals surface area contributed by atoms with Crippen LogP contribution in [0.3, 0.4) is 0 Å². The molecule has 6 heteroatoms. The van der Waals surface area contributed by atoms with Crippen LogP contribution in [0, 0.1) is 31.3 Å². The van der Waals surface area contributed by atoms with Gasteiger partial charge in [-0.25, -0.2) is 13.2 Å². The molecule has 3 aromatic carbocycles. The third-order valence-corrected chi connectivity index (χ3v) is 4.63. The Labute approximate surface area is 212 Å². The third-order valence-electron chi connectivity index (χ3n) is 3.76. The normalized spacial score (nSPS) is 9.18. The van der Waals surface area contributed by atoms with Gasteiger partial charge in [0.05, 0.1) is 15.1 Å². The van der Waals surface area contributed by atoms with Crippen LogP contribution in [0.4, 0.5) is 13.2 Å². The van der Waals surface area contributed by atoms with Gasteiger partial charge in [-0.1, -0.05) is 94.5 Å². The van der Waals surface area contributed by atoms with Crippen LogP contribution in [0.25, 0.3) is 0 Å². The van der Waals surface area contributed by atoms with Gasteiger partial charge < -0.3 is 0 Å². The number of aryl methyl sites for hydroxylation is 2. The van der Waals surface area contributed by atoms with Gasteiger partial charge in [-0.15, -0.1) is 0 Å². The fourth-order valence-corrected chi connectivity index (χ4v) is 2.73. The standard InChI is InChI=1S/C9H10ClF.2C7H6ClF.2C2H6/c1-6(2)7-3-4-9(11)8(10)5-7;2*1-5-2-3-7(9)6(8)4-5;2*1-2/h3-6H,1-2H3;2*2-4H,1H3;2*1-2H3. The molecule has 0 atom stereocenters. The summed E-state index contributed by atoms with van der Waals surface area (Å²) < 4.78 is 37.4. The summed E-state index contributed by atoms with van der Waals surface area (Å²) in [5.41, 5.74) is 3.01. The van der Waals surface area contributed by atoms with E-state index in [-0.39, 0.29) is 32.5 Å². The predicted molar refractivity (Wildman–Crippen MR) is 140 cm³/mol. The maximum atomic E-state index is 12.6. The van der Waals surface area contributed by atoms with E-state index < -0.39 is 0 Å². The highest BCUT2D eigenvalue weighted by Gasteiger charge is 2.03. The molecule has 0 saturated heterocycles. The van der Waals surface area contributed by atoms with Crippen molar-refractivity contribution in [2.45, 2.75) is 61.3 Å². The van der Waals surface area contributed by atoms with Crippen LogP contribution in [-0.2, 0) is 0 Å². The first-order chi connectivity index (χ1) is 15.5. The summed E-state index contributed by atoms with van der Waals surface area (Å²) in [4.78, 5) is 0. The summed E-state index contributed by atoms with van der Waals surface area (Å²) >= 11 is 16.5. The van der Waals surface area contributed by atoms with Crippen LogP contribution in [0.5, 0.6) is 0 Å². The maximum Gasteiger partial charge on any atom is 0.141 e. The van der Waals surface area contributed by atoms with E-state index in [4.69, 9.17) is 34.8 Å². The Kier molecular flexibility index (Phi) is 19.0. The number of rotatable bonds is 1. The fourth-order valence-electron chi connectivity index (χ4n) is 2.07. The molecule has 0 aliphatic heterocycles. The van der Waals surface area contributed by atoms with Crippen molar-refractivity contribution in [1.82, 2.24) is 0 Å². The van der Waals surface area contributed by atoms with Gasteiger partial charge in [0, 0.05) is 0 Å². The highest BCUT2D eigenvalue weighted by molar-refractivity contribution is 6.31. The van der Waals surface area contributed by atoms with E-state index in [0.29, 0.717) is 5.92 Å². The molecule has 3 aromatic rings. The average Bonchev–Trinajstić information content (AvgIpc) is 2.79. The van der Waals surface area contributed by atoms with Crippen LogP contribution in [0.2, 0.25) is 15.1 Å². The Hall–Kier alpha value is -1.68. The molecule has 0 aromatic heterocycles. The largest absolute Gasteiger partial charge is 0.205 e. The lowest BCUT2D eigenvalue weighted by Gasteiger charge is -2.04. The van der Waals surface area contributed by atoms with Gasteiger partial charge in [-0.3, -0.25) is 0 Å². The Morgan fingerprint density at radius 2 is 0.848 bits per heavy atom. The molecule has 184 valence electrons. The number of halogens is 6. The minimum Gasteiger partial charge on any atom is -0.205 e. The van der Waals surface area contributed by atoms with Crippen molar-refractivity contribution in [3.05, 3.63) is 104 Å². The van der Waals surface area contributed by atoms with Crippen molar-refractivity contribution in [2.24, 2.45) is 0 Å². The lowest BCUT2D eigenvalue weighted by molar-refractivity contribution is 0.626. The summed E-state index contributed by atoms with van der Waals surface area (Å²) in [6.45, 7) is 15.8. The van der Waals surface area contributed by atoms with E-state index in [1.54, 1.807) is 36.4 Å². The van der Waals surface area contributed by atoms with Crippen LogP contribution in [0.15, 0.2) is 54.6 Å². The Bertz CT molecular complexity index is 892. The Morgan fingerprint density at radius 3 is 1.09 bits per heavy atom. The molecule has 0 aliphatic carbocycles. The molecule has 0 unspecified atom stereocenters. The lowest BCUT2D eigenvalue weighted by Crippen LogP contribution is -1.87. The molecule has 0 saturated carbocycles. The predicted octanol–water partition coefficient (Wildman–Crippen LogP) is 11.2. The molecule has 0 radical (unpaired) electrons. The Balaban J connectivity index is 0. The first kappa shape index (κ1) is 33.5. The summed E-state index contributed by atoms with van der Waals surface area (Å²) in [5.74, 6) is -0.672. The number of hydrogen-bond acceptors (Lipinski definition) is 0. The van der Waals surface area contributed by atoms with Gasteiger partial charge in [0.15, 0.2) is 0 Å². The van der Waals surface area contributed by atoms with Gasteiger partial charge >= 0.3 is 0 Å². The van der Waals surface area contributed by atoms with Crippen molar-refractivity contribution in [3.63, 3.8) is 0 Å². The minimum atomic E-state index is -0.359. The zero-order valence-corrected chi connectivity index (χ0v) is 22.8. The zero-order valence-electron chi connectivity index (χ0n) is 20.5. The summed E-state index contributed by atoms with van der Waals surface area (Å²) in [7, 11) is 0. The summed E-state index contributed by atoms with van der Waals surface area (Å²) in [6, 6.07) is 14.1. The van der Waals surface area contributed by atoms with E-state index in [9.17, 15) is 13.2 Å². The van der Waals surface area contributed by atoms with Crippen LogP contribution in [0.1, 0.15) is 64.2 Å². The fraction of sp³-hybridized carbons (Fsp3) is 0.333. The number of benzene rings is 3. The molecule has 0 fully saturated rings. The second kappa shape index (κ2) is 18.7. The van der Waals surface area contributed by atoms with Crippen molar-refractivity contribution < 1.29 is 13.2 Å². The molecular weight excluding hydrogens is 488 g/mol. The molecule has 0 amide bonds. The first-order valence-electron chi connectivity index (χ1n) is 10.8. The molecule has 33 heavy (non-hydrogen) atoms. The highest BCUT2D eigenvalue weighted by atomic mass is 35.5. The van der Waals surface area contributed by atoms with Gasteiger partial charge in [0.1, 0.15) is 17.5 Å². The first-order valence-corrected chi connectivity index (χ1v) is 11.9. The molecule has 0 spiro atoms. The van der Waals surface area contributed by atoms with E-state index >= 15 is 0 Å². The smallest absolute Gasteiger partial charge is 0.141 e. The van der Waals surface area contributed by atoms with Crippen LogP contribution in [-0.4, -0.2) is 0 Å². The SMILES string of the molecule is CC.CC.CC(C)c1ccc(F)c(Cl)c1.Cc1ccc(F)c(Cl)c1.Cc1ccc(F)c(Cl)c1. The zero-order chi connectivity index (χ0) is 26.1. The molecule has 0 aliphatic rings. The van der Waals surface area contributed by atoms with E-state index in [0.717, 1.165) is 16.7 Å². The Morgan fingerprint density at radius 1 is 0.545 bits per heavy atom. The summed E-state index contributed by atoms with van der Waals surface area (Å²) in [6.07, 6.45) is 0. The quantitative estimate of drug-likeness (QED) is 0.299. The minimum absolute atomic E-state index is 0.190. The molecule has 0 bridgehead atoms. The molecule has 0 N–H and O–H groups in total. The molecule has 0 heterocycles. The summed E-state index contributed by atoms with van der Waals surface area (Å²) in [5, 5.41) is 0.584. The van der Waals surface area contributed by atoms with Gasteiger partial charge in [0.25, 0.3) is 0 Å². The second-order valence-corrected chi connectivity index (χ2v) is 7.88. The topological polar surface area (TPSA) is 0 Å². The highest BCUT2D eigenvalue weighted by Crippen LogP contribution is 2.21. The van der Waals surface area contributed by atoms with E-state index in [2.05, 4.69) is 0 Å². The third kappa shape index (κ3) is 14.2. The van der Waals surface area contributed by atoms with Gasteiger partial charge in [-0.2, -0.15) is 0 Å². The van der Waals surface area contributed by atoms with Crippen molar-refractivity contribution in [2.75, 3.05) is 0 Å². The van der Waals surface area contributed by atoms with Crippen molar-refractivity contribution in [3.8, 4) is 0 Å². The number of hydrogen-bond donors (Lipinski definition) is 0. The van der Waals surface area contributed by atoms with Crippen LogP contribution >= 0.6 is 34.8 Å². The maximum absolute atomic E-state index is 12.6. The molecular formula is C27H34Cl3F3.